The van der Waals surface area contributed by atoms with Crippen LogP contribution in [0.1, 0.15) is 35.0 Å². The van der Waals surface area contributed by atoms with Gasteiger partial charge in [0, 0.05) is 30.6 Å². The van der Waals surface area contributed by atoms with Crippen LogP contribution in [0.25, 0.3) is 6.08 Å². The highest BCUT2D eigenvalue weighted by Crippen LogP contribution is 2.35. The molecule has 0 aliphatic heterocycles. The van der Waals surface area contributed by atoms with E-state index in [4.69, 9.17) is 25.8 Å². The number of nitrogens with zero attached hydrogens (tertiary/aromatic N) is 2. The summed E-state index contributed by atoms with van der Waals surface area (Å²) in [4.78, 5) is 21.6. The Kier molecular flexibility index (Phi) is 7.47. The van der Waals surface area contributed by atoms with Gasteiger partial charge >= 0.3 is 0 Å². The molecule has 1 N–H and O–H groups in total. The van der Waals surface area contributed by atoms with E-state index in [9.17, 15) is 4.79 Å². The number of carbonyl (C=O) groups excluding carboxylic acids is 1. The van der Waals surface area contributed by atoms with E-state index in [0.717, 1.165) is 17.2 Å². The molecule has 0 bridgehead atoms. The molecule has 1 aliphatic rings. The quantitative estimate of drug-likeness (QED) is 0.401. The number of hydrogen-bond donors (Lipinski definition) is 1. The second kappa shape index (κ2) is 10.7. The first-order chi connectivity index (χ1) is 16.0. The summed E-state index contributed by atoms with van der Waals surface area (Å²) in [5.41, 5.74) is 0.463. The van der Waals surface area contributed by atoms with Crippen molar-refractivity contribution in [3.05, 3.63) is 64.3 Å². The highest BCUT2D eigenvalue weighted by atomic mass is 35.5. The van der Waals surface area contributed by atoms with Crippen molar-refractivity contribution in [2.45, 2.75) is 25.8 Å². The first-order valence-electron chi connectivity index (χ1n) is 10.6. The second-order valence-electron chi connectivity index (χ2n) is 7.69. The van der Waals surface area contributed by atoms with E-state index < -0.39 is 0 Å². The van der Waals surface area contributed by atoms with Gasteiger partial charge in [0.1, 0.15) is 11.5 Å². The lowest BCUT2D eigenvalue weighted by Crippen LogP contribution is -2.31. The van der Waals surface area contributed by atoms with Crippen molar-refractivity contribution in [1.29, 1.82) is 0 Å². The zero-order valence-electron chi connectivity index (χ0n) is 18.3. The number of methoxy groups -OCH3 is 1. The van der Waals surface area contributed by atoms with E-state index >= 15 is 0 Å². The molecule has 1 aromatic carbocycles. The largest absolute Gasteiger partial charge is 0.493 e. The number of pyridine rings is 1. The van der Waals surface area contributed by atoms with Crippen LogP contribution in [-0.4, -0.2) is 35.6 Å². The van der Waals surface area contributed by atoms with Gasteiger partial charge in [-0.05, 0) is 50.0 Å². The van der Waals surface area contributed by atoms with Crippen LogP contribution < -0.4 is 19.5 Å². The molecule has 1 aliphatic carbocycles. The molecular formula is C24H24ClN3O4S. The summed E-state index contributed by atoms with van der Waals surface area (Å²) in [6, 6.07) is 8.52. The number of ether oxygens (including phenoxy) is 3. The summed E-state index contributed by atoms with van der Waals surface area (Å²) in [6.45, 7) is 2.62. The SMILES string of the molecule is COc1ccc(C(=O)N[C@@H](C)C=Cc2cnc(Oc3ccc(OCC4CC4)cc3Cl)s2)cn1. The third kappa shape index (κ3) is 6.69. The van der Waals surface area contributed by atoms with Gasteiger partial charge in [0.25, 0.3) is 11.1 Å². The molecule has 9 heteroatoms. The van der Waals surface area contributed by atoms with Gasteiger partial charge in [0.05, 0.1) is 29.2 Å². The van der Waals surface area contributed by atoms with Crippen LogP contribution in [0.3, 0.4) is 0 Å². The van der Waals surface area contributed by atoms with Gasteiger partial charge in [0.2, 0.25) is 5.88 Å². The third-order valence-electron chi connectivity index (χ3n) is 4.90. The van der Waals surface area contributed by atoms with Crippen LogP contribution in [0.4, 0.5) is 0 Å². The molecule has 0 radical (unpaired) electrons. The number of aromatic nitrogens is 2. The summed E-state index contributed by atoms with van der Waals surface area (Å²) in [7, 11) is 1.53. The van der Waals surface area contributed by atoms with Crippen LogP contribution in [-0.2, 0) is 0 Å². The maximum absolute atomic E-state index is 12.3. The number of halogens is 1. The number of amides is 1. The summed E-state index contributed by atoms with van der Waals surface area (Å²) >= 11 is 7.72. The standard InChI is InChI=1S/C24H24ClN3O4S/c1-15(28-23(29)17-6-10-22(30-2)26-12-17)3-8-19-13-27-24(33-19)32-21-9-7-18(11-20(21)25)31-14-16-4-5-16/h3,6-13,15-16H,4-5,14H2,1-2H3,(H,28,29)/t15-/m0/s1. The summed E-state index contributed by atoms with van der Waals surface area (Å²) in [6.07, 6.45) is 9.43. The molecule has 1 saturated carbocycles. The normalized spacial score (nSPS) is 14.2. The third-order valence-corrected chi connectivity index (χ3v) is 6.04. The monoisotopic (exact) mass is 485 g/mol. The van der Waals surface area contributed by atoms with Crippen molar-refractivity contribution in [2.75, 3.05) is 13.7 Å². The Bertz CT molecular complexity index is 1130. The molecule has 1 amide bonds. The number of hydrogen-bond acceptors (Lipinski definition) is 7. The van der Waals surface area contributed by atoms with Crippen molar-refractivity contribution >= 4 is 34.9 Å². The number of rotatable bonds is 10. The molecule has 172 valence electrons. The van der Waals surface area contributed by atoms with E-state index in [1.54, 1.807) is 30.5 Å². The highest BCUT2D eigenvalue weighted by Gasteiger charge is 2.22. The predicted octanol–water partition coefficient (Wildman–Crippen LogP) is 5.61. The molecule has 33 heavy (non-hydrogen) atoms. The molecule has 4 rings (SSSR count). The van der Waals surface area contributed by atoms with Crippen LogP contribution >= 0.6 is 22.9 Å². The number of benzene rings is 1. The average Bonchev–Trinajstić information content (AvgIpc) is 3.55. The molecule has 1 fully saturated rings. The van der Waals surface area contributed by atoms with Crippen molar-refractivity contribution in [3.8, 4) is 22.6 Å². The van der Waals surface area contributed by atoms with Crippen molar-refractivity contribution in [2.24, 2.45) is 5.92 Å². The van der Waals surface area contributed by atoms with Crippen LogP contribution in [0.5, 0.6) is 22.6 Å². The fraction of sp³-hybridized carbons (Fsp3) is 0.292. The van der Waals surface area contributed by atoms with Gasteiger partial charge in [0.15, 0.2) is 0 Å². The summed E-state index contributed by atoms with van der Waals surface area (Å²) in [5.74, 6) is 2.19. The highest BCUT2D eigenvalue weighted by molar-refractivity contribution is 7.14. The Balaban J connectivity index is 1.29. The zero-order chi connectivity index (χ0) is 23.2. The zero-order valence-corrected chi connectivity index (χ0v) is 19.9. The molecule has 0 saturated heterocycles. The maximum atomic E-state index is 12.3. The molecule has 1 atom stereocenters. The number of nitrogens with one attached hydrogen (secondary N) is 1. The van der Waals surface area contributed by atoms with Crippen molar-refractivity contribution < 1.29 is 19.0 Å². The Morgan fingerprint density at radius 1 is 1.27 bits per heavy atom. The fourth-order valence-electron chi connectivity index (χ4n) is 2.85. The van der Waals surface area contributed by atoms with E-state index in [2.05, 4.69) is 15.3 Å². The summed E-state index contributed by atoms with van der Waals surface area (Å²) in [5, 5.41) is 3.85. The van der Waals surface area contributed by atoms with E-state index in [-0.39, 0.29) is 11.9 Å². The minimum Gasteiger partial charge on any atom is -0.493 e. The summed E-state index contributed by atoms with van der Waals surface area (Å²) < 4.78 is 16.6. The van der Waals surface area contributed by atoms with Gasteiger partial charge in [-0.1, -0.05) is 29.0 Å². The van der Waals surface area contributed by atoms with Gasteiger partial charge in [-0.25, -0.2) is 9.97 Å². The second-order valence-corrected chi connectivity index (χ2v) is 9.12. The molecule has 2 heterocycles. The Labute approximate surface area is 201 Å². The minimum atomic E-state index is -0.213. The Morgan fingerprint density at radius 3 is 2.82 bits per heavy atom. The van der Waals surface area contributed by atoms with Crippen LogP contribution in [0, 0.1) is 5.92 Å². The molecule has 2 aromatic heterocycles. The van der Waals surface area contributed by atoms with E-state index in [1.807, 2.05) is 25.1 Å². The van der Waals surface area contributed by atoms with Gasteiger partial charge in [-0.3, -0.25) is 4.79 Å². The molecule has 7 nitrogen and oxygen atoms in total. The van der Waals surface area contributed by atoms with E-state index in [1.165, 1.54) is 37.5 Å². The lowest BCUT2D eigenvalue weighted by molar-refractivity contribution is 0.0946. The first kappa shape index (κ1) is 23.1. The minimum absolute atomic E-state index is 0.191. The van der Waals surface area contributed by atoms with Gasteiger partial charge < -0.3 is 19.5 Å². The molecule has 0 spiro atoms. The lowest BCUT2D eigenvalue weighted by atomic mass is 10.2. The van der Waals surface area contributed by atoms with Crippen molar-refractivity contribution in [1.82, 2.24) is 15.3 Å². The van der Waals surface area contributed by atoms with Crippen LogP contribution in [0.2, 0.25) is 5.02 Å². The molecule has 3 aromatic rings. The Morgan fingerprint density at radius 2 is 2.12 bits per heavy atom. The molecular weight excluding hydrogens is 462 g/mol. The maximum Gasteiger partial charge on any atom is 0.279 e. The average molecular weight is 486 g/mol. The fourth-order valence-corrected chi connectivity index (χ4v) is 3.75. The smallest absolute Gasteiger partial charge is 0.279 e. The number of carbonyl (C=O) groups is 1. The topological polar surface area (TPSA) is 82.6 Å². The predicted molar refractivity (Wildman–Crippen MR) is 129 cm³/mol. The lowest BCUT2D eigenvalue weighted by Gasteiger charge is -2.09. The van der Waals surface area contributed by atoms with E-state index in [0.29, 0.717) is 33.3 Å². The molecule has 0 unspecified atom stereocenters. The van der Waals surface area contributed by atoms with Gasteiger partial charge in [-0.15, -0.1) is 0 Å². The van der Waals surface area contributed by atoms with Crippen molar-refractivity contribution in [3.63, 3.8) is 0 Å². The van der Waals surface area contributed by atoms with Gasteiger partial charge in [-0.2, -0.15) is 0 Å². The Hall–Kier alpha value is -3.10. The number of thiazole rings is 1. The van der Waals surface area contributed by atoms with Crippen LogP contribution in [0.15, 0.2) is 48.8 Å². The first-order valence-corrected chi connectivity index (χ1v) is 11.7.